The van der Waals surface area contributed by atoms with Crippen molar-refractivity contribution in [3.63, 3.8) is 0 Å². The van der Waals surface area contributed by atoms with E-state index in [4.69, 9.17) is 15.3 Å². The maximum absolute atomic E-state index is 8.66. The molecule has 0 bridgehead atoms. The molecule has 0 spiro atoms. The highest BCUT2D eigenvalue weighted by Crippen LogP contribution is 2.18. The predicted octanol–water partition coefficient (Wildman–Crippen LogP) is 3.75. The van der Waals surface area contributed by atoms with E-state index in [-0.39, 0.29) is 19.8 Å². The molecule has 0 saturated carbocycles. The summed E-state index contributed by atoms with van der Waals surface area (Å²) in [6.07, 6.45) is 8.75. The van der Waals surface area contributed by atoms with E-state index in [2.05, 4.69) is 27.7 Å². The smallest absolute Gasteiger partial charge is 0.0531 e. The molecule has 0 aromatic carbocycles. The van der Waals surface area contributed by atoms with Gasteiger partial charge in [-0.05, 0) is 6.42 Å². The Kier molecular flexibility index (Phi) is 25.5. The van der Waals surface area contributed by atoms with Crippen LogP contribution in [0.25, 0.3) is 0 Å². The summed E-state index contributed by atoms with van der Waals surface area (Å²) in [5.74, 6) is 0. The third kappa shape index (κ3) is 17.9. The van der Waals surface area contributed by atoms with Crippen molar-refractivity contribution >= 4 is 0 Å². The van der Waals surface area contributed by atoms with Gasteiger partial charge in [-0.2, -0.15) is 0 Å². The maximum atomic E-state index is 8.66. The summed E-state index contributed by atoms with van der Waals surface area (Å²) < 4.78 is 0. The van der Waals surface area contributed by atoms with E-state index in [1.807, 2.05) is 6.92 Å². The number of aliphatic hydroxyl groups is 3. The number of hydrogen-bond donors (Lipinski definition) is 3. The Morgan fingerprint density at radius 3 is 0.842 bits per heavy atom. The molecule has 0 aliphatic rings. The first-order chi connectivity index (χ1) is 9.07. The summed E-state index contributed by atoms with van der Waals surface area (Å²) in [5, 5.41) is 26.0. The minimum Gasteiger partial charge on any atom is -0.396 e. The van der Waals surface area contributed by atoms with Crippen molar-refractivity contribution in [3.8, 4) is 0 Å². The lowest BCUT2D eigenvalue weighted by molar-refractivity contribution is 0.00304. The minimum atomic E-state index is -0.667. The summed E-state index contributed by atoms with van der Waals surface area (Å²) in [5.41, 5.74) is -0.667. The highest BCUT2D eigenvalue weighted by Gasteiger charge is 2.24. The summed E-state index contributed by atoms with van der Waals surface area (Å²) >= 11 is 0. The van der Waals surface area contributed by atoms with Crippen LogP contribution in [-0.2, 0) is 0 Å². The van der Waals surface area contributed by atoms with Crippen LogP contribution in [0.4, 0.5) is 0 Å². The SMILES string of the molecule is CCC(CO)(CO)CO.CCCCC.CCCCC. The topological polar surface area (TPSA) is 60.7 Å². The molecule has 0 aromatic rings. The monoisotopic (exact) mass is 278 g/mol. The van der Waals surface area contributed by atoms with Crippen molar-refractivity contribution in [2.24, 2.45) is 5.41 Å². The fourth-order valence-electron chi connectivity index (χ4n) is 1.19. The first-order valence-electron chi connectivity index (χ1n) is 7.90. The van der Waals surface area contributed by atoms with Gasteiger partial charge in [0.2, 0.25) is 0 Å². The number of hydrogen-bond acceptors (Lipinski definition) is 3. The van der Waals surface area contributed by atoms with Crippen molar-refractivity contribution in [1.82, 2.24) is 0 Å². The molecule has 0 atom stereocenters. The van der Waals surface area contributed by atoms with Crippen LogP contribution in [-0.4, -0.2) is 35.1 Å². The molecule has 3 N–H and O–H groups in total. The van der Waals surface area contributed by atoms with E-state index in [1.165, 1.54) is 38.5 Å². The van der Waals surface area contributed by atoms with Gasteiger partial charge in [-0.3, -0.25) is 0 Å². The zero-order valence-corrected chi connectivity index (χ0v) is 13.9. The molecule has 0 saturated heterocycles. The van der Waals surface area contributed by atoms with E-state index < -0.39 is 5.41 Å². The lowest BCUT2D eigenvalue weighted by atomic mass is 9.88. The molecule has 3 heteroatoms. The van der Waals surface area contributed by atoms with E-state index >= 15 is 0 Å². The molecule has 3 nitrogen and oxygen atoms in total. The van der Waals surface area contributed by atoms with Gasteiger partial charge >= 0.3 is 0 Å². The molecule has 0 amide bonds. The Morgan fingerprint density at radius 1 is 0.579 bits per heavy atom. The second kappa shape index (κ2) is 20.2. The molecule has 19 heavy (non-hydrogen) atoms. The molecule has 0 rings (SSSR count). The molecular weight excluding hydrogens is 240 g/mol. The van der Waals surface area contributed by atoms with E-state index in [0.717, 1.165) is 0 Å². The van der Waals surface area contributed by atoms with Crippen molar-refractivity contribution in [3.05, 3.63) is 0 Å². The molecule has 120 valence electrons. The van der Waals surface area contributed by atoms with Crippen LogP contribution >= 0.6 is 0 Å². The quantitative estimate of drug-likeness (QED) is 0.633. The highest BCUT2D eigenvalue weighted by atomic mass is 16.3. The lowest BCUT2D eigenvalue weighted by Crippen LogP contribution is -2.32. The van der Waals surface area contributed by atoms with Gasteiger partial charge < -0.3 is 15.3 Å². The van der Waals surface area contributed by atoms with Crippen LogP contribution in [0.1, 0.15) is 79.6 Å². The molecule has 0 heterocycles. The van der Waals surface area contributed by atoms with Crippen LogP contribution in [0, 0.1) is 5.41 Å². The Bertz CT molecular complexity index is 106. The van der Waals surface area contributed by atoms with Gasteiger partial charge in [0.1, 0.15) is 0 Å². The minimum absolute atomic E-state index is 0.156. The van der Waals surface area contributed by atoms with Gasteiger partial charge in [0.25, 0.3) is 0 Å². The fourth-order valence-corrected chi connectivity index (χ4v) is 1.19. The standard InChI is InChI=1S/C6H14O3.2C5H12/c1-2-6(3-7,4-8)5-9;2*1-3-5-4-2/h7-9H,2-5H2,1H3;2*3-5H2,1-2H3. The van der Waals surface area contributed by atoms with Crippen molar-refractivity contribution < 1.29 is 15.3 Å². The summed E-state index contributed by atoms with van der Waals surface area (Å²) in [6, 6.07) is 0. The predicted molar refractivity (Wildman–Crippen MR) is 84.4 cm³/mol. The van der Waals surface area contributed by atoms with E-state index in [1.54, 1.807) is 0 Å². The van der Waals surface area contributed by atoms with Crippen LogP contribution in [0.5, 0.6) is 0 Å². The largest absolute Gasteiger partial charge is 0.396 e. The zero-order valence-electron chi connectivity index (χ0n) is 13.9. The lowest BCUT2D eigenvalue weighted by Gasteiger charge is -2.24. The van der Waals surface area contributed by atoms with Crippen molar-refractivity contribution in [1.29, 1.82) is 0 Å². The van der Waals surface area contributed by atoms with Crippen LogP contribution in [0.15, 0.2) is 0 Å². The van der Waals surface area contributed by atoms with Gasteiger partial charge in [-0.25, -0.2) is 0 Å². The average molecular weight is 278 g/mol. The first-order valence-corrected chi connectivity index (χ1v) is 7.90. The van der Waals surface area contributed by atoms with Crippen molar-refractivity contribution in [2.75, 3.05) is 19.8 Å². The number of unbranched alkanes of at least 4 members (excludes halogenated alkanes) is 4. The van der Waals surface area contributed by atoms with Gasteiger partial charge in [-0.15, -0.1) is 0 Å². The maximum Gasteiger partial charge on any atom is 0.0531 e. The highest BCUT2D eigenvalue weighted by molar-refractivity contribution is 4.74. The van der Waals surface area contributed by atoms with E-state index in [0.29, 0.717) is 6.42 Å². The number of rotatable bonds is 8. The van der Waals surface area contributed by atoms with Gasteiger partial charge in [-0.1, -0.05) is 73.1 Å². The molecule has 0 fully saturated rings. The van der Waals surface area contributed by atoms with Gasteiger partial charge in [0.15, 0.2) is 0 Å². The van der Waals surface area contributed by atoms with Crippen LogP contribution in [0.2, 0.25) is 0 Å². The summed E-state index contributed by atoms with van der Waals surface area (Å²) in [4.78, 5) is 0. The molecule has 0 aliphatic heterocycles. The molecule has 0 unspecified atom stereocenters. The average Bonchev–Trinajstić information content (AvgIpc) is 2.45. The Morgan fingerprint density at radius 2 is 0.842 bits per heavy atom. The second-order valence-electron chi connectivity index (χ2n) is 5.04. The number of aliphatic hydroxyl groups excluding tert-OH is 3. The van der Waals surface area contributed by atoms with Crippen LogP contribution < -0.4 is 0 Å². The van der Waals surface area contributed by atoms with Crippen LogP contribution in [0.3, 0.4) is 0 Å². The Balaban J connectivity index is -0.000000219. The zero-order chi connectivity index (χ0) is 15.6. The third-order valence-electron chi connectivity index (χ3n) is 3.17. The molecular formula is C16H38O3. The third-order valence-corrected chi connectivity index (χ3v) is 3.17. The second-order valence-corrected chi connectivity index (χ2v) is 5.04. The Hall–Kier alpha value is -0.120. The van der Waals surface area contributed by atoms with Crippen molar-refractivity contribution in [2.45, 2.75) is 79.6 Å². The summed E-state index contributed by atoms with van der Waals surface area (Å²) in [6.45, 7) is 10.2. The normalized spacial score (nSPS) is 10.1. The Labute approximate surface area is 121 Å². The molecule has 0 aromatic heterocycles. The van der Waals surface area contributed by atoms with Gasteiger partial charge in [0.05, 0.1) is 19.8 Å². The van der Waals surface area contributed by atoms with E-state index in [9.17, 15) is 0 Å². The molecule has 0 radical (unpaired) electrons. The fraction of sp³-hybridized carbons (Fsp3) is 1.00. The van der Waals surface area contributed by atoms with Gasteiger partial charge in [0, 0.05) is 5.41 Å². The first kappa shape index (κ1) is 23.9. The molecule has 0 aliphatic carbocycles. The summed E-state index contributed by atoms with van der Waals surface area (Å²) in [7, 11) is 0.